The van der Waals surface area contributed by atoms with Crippen LogP contribution in [0.3, 0.4) is 0 Å². The lowest BCUT2D eigenvalue weighted by Gasteiger charge is -2.27. The molecule has 1 aliphatic heterocycles. The van der Waals surface area contributed by atoms with E-state index in [9.17, 15) is 8.42 Å². The van der Waals surface area contributed by atoms with Crippen molar-refractivity contribution in [2.45, 2.75) is 56.9 Å². The van der Waals surface area contributed by atoms with Gasteiger partial charge in [-0.3, -0.25) is 0 Å². The topological polar surface area (TPSA) is 81.2 Å². The summed E-state index contributed by atoms with van der Waals surface area (Å²) in [6.45, 7) is 5.83. The molecule has 0 amide bonds. The molecule has 0 saturated carbocycles. The van der Waals surface area contributed by atoms with Gasteiger partial charge < -0.3 is 10.6 Å². The van der Waals surface area contributed by atoms with E-state index in [0.29, 0.717) is 5.82 Å². The Kier molecular flexibility index (Phi) is 4.81. The highest BCUT2D eigenvalue weighted by Gasteiger charge is 2.30. The number of nitrogen functional groups attached to an aromatic ring is 1. The standard InChI is InChI=1S/C14H26N4O2S/c1-4-11(5-2)18-13(15)12(21(3,19)20)14(16-18)17-9-7-6-8-10-17/h11H,4-10,15H2,1-3H3. The molecule has 6 nitrogen and oxygen atoms in total. The Morgan fingerprint density at radius 3 is 2.24 bits per heavy atom. The molecule has 1 fully saturated rings. The zero-order valence-corrected chi connectivity index (χ0v) is 14.0. The Hall–Kier alpha value is -1.24. The molecular formula is C14H26N4O2S. The van der Waals surface area contributed by atoms with Gasteiger partial charge in [0.25, 0.3) is 0 Å². The van der Waals surface area contributed by atoms with Crippen LogP contribution in [-0.4, -0.2) is 37.5 Å². The molecule has 0 radical (unpaired) electrons. The monoisotopic (exact) mass is 314 g/mol. The average Bonchev–Trinajstić information content (AvgIpc) is 2.79. The summed E-state index contributed by atoms with van der Waals surface area (Å²) < 4.78 is 26.0. The van der Waals surface area contributed by atoms with Gasteiger partial charge in [0.1, 0.15) is 5.82 Å². The fourth-order valence-electron chi connectivity index (χ4n) is 3.00. The van der Waals surface area contributed by atoms with Crippen molar-refractivity contribution in [3.63, 3.8) is 0 Å². The van der Waals surface area contributed by atoms with E-state index in [1.807, 2.05) is 0 Å². The summed E-state index contributed by atoms with van der Waals surface area (Å²) >= 11 is 0. The number of hydrogen-bond donors (Lipinski definition) is 1. The molecule has 0 spiro atoms. The molecule has 2 heterocycles. The minimum absolute atomic E-state index is 0.143. The third-order valence-corrected chi connectivity index (χ3v) is 5.33. The number of sulfone groups is 1. The van der Waals surface area contributed by atoms with Gasteiger partial charge in [0.05, 0.1) is 6.04 Å². The highest BCUT2D eigenvalue weighted by atomic mass is 32.2. The lowest BCUT2D eigenvalue weighted by molar-refractivity contribution is 0.432. The Balaban J connectivity index is 2.54. The van der Waals surface area contributed by atoms with Crippen LogP contribution in [-0.2, 0) is 9.84 Å². The van der Waals surface area contributed by atoms with Crippen molar-refractivity contribution in [2.24, 2.45) is 0 Å². The van der Waals surface area contributed by atoms with Crippen LogP contribution in [0.2, 0.25) is 0 Å². The van der Waals surface area contributed by atoms with Crippen molar-refractivity contribution in [1.29, 1.82) is 0 Å². The number of anilines is 2. The second-order valence-corrected chi connectivity index (χ2v) is 7.73. The van der Waals surface area contributed by atoms with Crippen LogP contribution < -0.4 is 10.6 Å². The molecular weight excluding hydrogens is 288 g/mol. The summed E-state index contributed by atoms with van der Waals surface area (Å²) in [5.41, 5.74) is 6.14. The van der Waals surface area contributed by atoms with Crippen LogP contribution in [0.5, 0.6) is 0 Å². The van der Waals surface area contributed by atoms with Crippen molar-refractivity contribution in [3.8, 4) is 0 Å². The van der Waals surface area contributed by atoms with Gasteiger partial charge in [-0.05, 0) is 32.1 Å². The molecule has 1 aromatic heterocycles. The van der Waals surface area contributed by atoms with E-state index in [-0.39, 0.29) is 16.8 Å². The zero-order valence-electron chi connectivity index (χ0n) is 13.2. The molecule has 1 saturated heterocycles. The Morgan fingerprint density at radius 1 is 1.19 bits per heavy atom. The molecule has 2 N–H and O–H groups in total. The highest BCUT2D eigenvalue weighted by Crippen LogP contribution is 2.34. The number of hydrogen-bond acceptors (Lipinski definition) is 5. The maximum absolute atomic E-state index is 12.2. The summed E-state index contributed by atoms with van der Waals surface area (Å²) in [5, 5.41) is 4.58. The zero-order chi connectivity index (χ0) is 15.6. The predicted octanol–water partition coefficient (Wildman–Crippen LogP) is 2.22. The lowest BCUT2D eigenvalue weighted by atomic mass is 10.1. The van der Waals surface area contributed by atoms with Gasteiger partial charge in [0.2, 0.25) is 0 Å². The Bertz CT molecular complexity index is 584. The third kappa shape index (κ3) is 3.17. The van der Waals surface area contributed by atoms with E-state index >= 15 is 0 Å². The highest BCUT2D eigenvalue weighted by molar-refractivity contribution is 7.91. The van der Waals surface area contributed by atoms with E-state index in [0.717, 1.165) is 38.8 Å². The molecule has 120 valence electrons. The smallest absolute Gasteiger partial charge is 0.182 e. The first kappa shape index (κ1) is 16.1. The van der Waals surface area contributed by atoms with Crippen LogP contribution in [0.25, 0.3) is 0 Å². The van der Waals surface area contributed by atoms with Gasteiger partial charge in [-0.25, -0.2) is 13.1 Å². The predicted molar refractivity (Wildman–Crippen MR) is 85.4 cm³/mol. The van der Waals surface area contributed by atoms with E-state index < -0.39 is 9.84 Å². The largest absolute Gasteiger partial charge is 0.383 e. The van der Waals surface area contributed by atoms with Gasteiger partial charge in [-0.1, -0.05) is 13.8 Å². The number of aromatic nitrogens is 2. The Labute approximate surface area is 127 Å². The van der Waals surface area contributed by atoms with Crippen molar-refractivity contribution < 1.29 is 8.42 Å². The third-order valence-electron chi connectivity index (χ3n) is 4.20. The summed E-state index contributed by atoms with van der Waals surface area (Å²) in [7, 11) is -3.39. The van der Waals surface area contributed by atoms with E-state index in [2.05, 4.69) is 23.8 Å². The van der Waals surface area contributed by atoms with Gasteiger partial charge >= 0.3 is 0 Å². The summed E-state index contributed by atoms with van der Waals surface area (Å²) in [6, 6.07) is 0.143. The maximum atomic E-state index is 12.2. The van der Waals surface area contributed by atoms with Crippen LogP contribution in [0.15, 0.2) is 4.90 Å². The maximum Gasteiger partial charge on any atom is 0.182 e. The van der Waals surface area contributed by atoms with Crippen molar-refractivity contribution in [1.82, 2.24) is 9.78 Å². The molecule has 0 aliphatic carbocycles. The van der Waals surface area contributed by atoms with Crippen LogP contribution >= 0.6 is 0 Å². The second-order valence-electron chi connectivity index (χ2n) is 5.77. The molecule has 0 aromatic carbocycles. The molecule has 2 rings (SSSR count). The van der Waals surface area contributed by atoms with Crippen LogP contribution in [0.1, 0.15) is 52.0 Å². The molecule has 21 heavy (non-hydrogen) atoms. The first-order chi connectivity index (χ1) is 9.90. The van der Waals surface area contributed by atoms with Gasteiger partial charge in [0.15, 0.2) is 20.6 Å². The van der Waals surface area contributed by atoms with E-state index in [1.54, 1.807) is 4.68 Å². The first-order valence-electron chi connectivity index (χ1n) is 7.73. The van der Waals surface area contributed by atoms with Crippen molar-refractivity contribution in [3.05, 3.63) is 0 Å². The van der Waals surface area contributed by atoms with Crippen molar-refractivity contribution >= 4 is 21.5 Å². The summed E-state index contributed by atoms with van der Waals surface area (Å²) in [5.74, 6) is 0.827. The SMILES string of the molecule is CCC(CC)n1nc(N2CCCCC2)c(S(C)(=O)=O)c1N. The fourth-order valence-corrected chi connectivity index (χ4v) is 3.98. The van der Waals surface area contributed by atoms with Gasteiger partial charge in [-0.2, -0.15) is 5.10 Å². The number of rotatable bonds is 5. The minimum Gasteiger partial charge on any atom is -0.383 e. The lowest BCUT2D eigenvalue weighted by Crippen LogP contribution is -2.31. The molecule has 0 unspecified atom stereocenters. The molecule has 0 bridgehead atoms. The van der Waals surface area contributed by atoms with Crippen LogP contribution in [0, 0.1) is 0 Å². The minimum atomic E-state index is -3.39. The summed E-state index contributed by atoms with van der Waals surface area (Å²) in [4.78, 5) is 2.27. The van der Waals surface area contributed by atoms with Gasteiger partial charge in [-0.15, -0.1) is 0 Å². The normalized spacial score (nSPS) is 16.7. The second kappa shape index (κ2) is 6.25. The summed E-state index contributed by atoms with van der Waals surface area (Å²) in [6.07, 6.45) is 6.30. The molecule has 1 aliphatic rings. The van der Waals surface area contributed by atoms with Gasteiger partial charge in [0, 0.05) is 19.3 Å². The molecule has 1 aromatic rings. The van der Waals surface area contributed by atoms with E-state index in [1.165, 1.54) is 12.7 Å². The molecule has 0 atom stereocenters. The van der Waals surface area contributed by atoms with Crippen LogP contribution in [0.4, 0.5) is 11.6 Å². The average molecular weight is 314 g/mol. The Morgan fingerprint density at radius 2 is 1.76 bits per heavy atom. The number of nitrogens with two attached hydrogens (primary N) is 1. The first-order valence-corrected chi connectivity index (χ1v) is 9.62. The fraction of sp³-hybridized carbons (Fsp3) is 0.786. The molecule has 7 heteroatoms. The quantitative estimate of drug-likeness (QED) is 0.901. The number of nitrogens with zero attached hydrogens (tertiary/aromatic N) is 3. The van der Waals surface area contributed by atoms with Crippen molar-refractivity contribution in [2.75, 3.05) is 30.0 Å². The number of piperidine rings is 1. The van der Waals surface area contributed by atoms with E-state index in [4.69, 9.17) is 5.73 Å².